The molecule has 0 atom stereocenters. The molecule has 0 bridgehead atoms. The number of ketones is 1. The fraction of sp³-hybridized carbons (Fsp3) is 0.0500. The SMILES string of the molecule is Cc1c(OC(=O)c2cccs2)ccc2c1O/C(=C\c1ccncc1)C2=O. The minimum Gasteiger partial charge on any atom is -0.452 e. The Hall–Kier alpha value is -3.25. The van der Waals surface area contributed by atoms with Crippen LogP contribution in [0.2, 0.25) is 0 Å². The van der Waals surface area contributed by atoms with Gasteiger partial charge in [0.1, 0.15) is 16.4 Å². The molecule has 4 rings (SSSR count). The summed E-state index contributed by atoms with van der Waals surface area (Å²) in [6.45, 7) is 1.76. The summed E-state index contributed by atoms with van der Waals surface area (Å²) in [5.74, 6) is 0.402. The number of nitrogens with zero attached hydrogens (tertiary/aromatic N) is 1. The maximum absolute atomic E-state index is 12.6. The van der Waals surface area contributed by atoms with Crippen molar-refractivity contribution in [2.75, 3.05) is 0 Å². The Morgan fingerprint density at radius 2 is 2.00 bits per heavy atom. The number of Topliss-reactive ketones (excluding diaryl/α,β-unsaturated/α-hetero) is 1. The first-order chi connectivity index (χ1) is 12.6. The number of fused-ring (bicyclic) bond motifs is 1. The zero-order valence-corrected chi connectivity index (χ0v) is 14.6. The van der Waals surface area contributed by atoms with Gasteiger partial charge >= 0.3 is 5.97 Å². The smallest absolute Gasteiger partial charge is 0.353 e. The van der Waals surface area contributed by atoms with E-state index in [1.807, 2.05) is 5.38 Å². The highest BCUT2D eigenvalue weighted by Crippen LogP contribution is 2.39. The van der Waals surface area contributed by atoms with Crippen molar-refractivity contribution >= 4 is 29.2 Å². The molecule has 5 nitrogen and oxygen atoms in total. The Kier molecular flexibility index (Phi) is 4.10. The van der Waals surface area contributed by atoms with Gasteiger partial charge < -0.3 is 9.47 Å². The molecule has 0 unspecified atom stereocenters. The predicted molar refractivity (Wildman–Crippen MR) is 97.6 cm³/mol. The van der Waals surface area contributed by atoms with Gasteiger partial charge in [0.15, 0.2) is 5.76 Å². The van der Waals surface area contributed by atoms with Crippen LogP contribution in [0.1, 0.15) is 31.2 Å². The Morgan fingerprint density at radius 3 is 2.73 bits per heavy atom. The van der Waals surface area contributed by atoms with Gasteiger partial charge in [0.2, 0.25) is 5.78 Å². The molecule has 1 aromatic carbocycles. The first-order valence-electron chi connectivity index (χ1n) is 7.87. The average molecular weight is 363 g/mol. The van der Waals surface area contributed by atoms with Crippen LogP contribution in [0.15, 0.2) is 59.9 Å². The van der Waals surface area contributed by atoms with Crippen LogP contribution in [0.4, 0.5) is 0 Å². The summed E-state index contributed by atoms with van der Waals surface area (Å²) >= 11 is 1.31. The molecule has 0 amide bonds. The number of pyridine rings is 1. The molecule has 0 radical (unpaired) electrons. The Bertz CT molecular complexity index is 1020. The van der Waals surface area contributed by atoms with Crippen LogP contribution in [0.3, 0.4) is 0 Å². The van der Waals surface area contributed by atoms with E-state index in [4.69, 9.17) is 9.47 Å². The lowest BCUT2D eigenvalue weighted by Gasteiger charge is -2.09. The second-order valence-corrected chi connectivity index (χ2v) is 6.60. The highest BCUT2D eigenvalue weighted by molar-refractivity contribution is 7.12. The largest absolute Gasteiger partial charge is 0.452 e. The minimum atomic E-state index is -0.431. The number of ether oxygens (including phenoxy) is 2. The lowest BCUT2D eigenvalue weighted by Crippen LogP contribution is -2.07. The lowest BCUT2D eigenvalue weighted by atomic mass is 10.1. The standard InChI is InChI=1S/C20H13NO4S/c1-12-15(25-20(23)17-3-2-10-26-17)5-4-14-18(22)16(24-19(12)14)11-13-6-8-21-9-7-13/h2-11H,1H3/b16-11-. The molecule has 0 N–H and O–H groups in total. The van der Waals surface area contributed by atoms with E-state index < -0.39 is 5.97 Å². The molecule has 3 aromatic rings. The van der Waals surface area contributed by atoms with Crippen LogP contribution < -0.4 is 9.47 Å². The maximum atomic E-state index is 12.6. The fourth-order valence-corrected chi connectivity index (χ4v) is 3.23. The van der Waals surface area contributed by atoms with Crippen LogP contribution in [-0.4, -0.2) is 16.7 Å². The van der Waals surface area contributed by atoms with E-state index in [2.05, 4.69) is 4.98 Å². The highest BCUT2D eigenvalue weighted by Gasteiger charge is 2.30. The van der Waals surface area contributed by atoms with E-state index in [0.29, 0.717) is 27.5 Å². The van der Waals surface area contributed by atoms with Crippen molar-refractivity contribution in [3.8, 4) is 11.5 Å². The molecule has 0 saturated heterocycles. The second kappa shape index (κ2) is 6.57. The quantitative estimate of drug-likeness (QED) is 0.395. The second-order valence-electron chi connectivity index (χ2n) is 5.65. The average Bonchev–Trinajstić information content (AvgIpc) is 3.28. The molecule has 26 heavy (non-hydrogen) atoms. The molecular weight excluding hydrogens is 350 g/mol. The number of rotatable bonds is 3. The van der Waals surface area contributed by atoms with E-state index in [1.54, 1.807) is 61.8 Å². The van der Waals surface area contributed by atoms with E-state index in [-0.39, 0.29) is 11.5 Å². The van der Waals surface area contributed by atoms with Crippen molar-refractivity contribution in [2.24, 2.45) is 0 Å². The zero-order chi connectivity index (χ0) is 18.1. The summed E-state index contributed by atoms with van der Waals surface area (Å²) in [4.78, 5) is 29.2. The van der Waals surface area contributed by atoms with Crippen LogP contribution in [0.25, 0.3) is 6.08 Å². The number of thiophene rings is 1. The highest BCUT2D eigenvalue weighted by atomic mass is 32.1. The summed E-state index contributed by atoms with van der Waals surface area (Å²) in [5, 5.41) is 1.81. The summed E-state index contributed by atoms with van der Waals surface area (Å²) in [7, 11) is 0. The summed E-state index contributed by atoms with van der Waals surface area (Å²) in [6.07, 6.45) is 4.96. The molecule has 128 valence electrons. The summed E-state index contributed by atoms with van der Waals surface area (Å²) in [5.41, 5.74) is 1.88. The van der Waals surface area contributed by atoms with Gasteiger partial charge in [-0.25, -0.2) is 4.79 Å². The molecule has 0 spiro atoms. The Balaban J connectivity index is 1.64. The number of allylic oxidation sites excluding steroid dienone is 1. The Labute approximate surface area is 153 Å². The molecule has 3 heterocycles. The molecule has 0 saturated carbocycles. The van der Waals surface area contributed by atoms with Crippen molar-refractivity contribution in [2.45, 2.75) is 6.92 Å². The van der Waals surface area contributed by atoms with Gasteiger partial charge in [-0.3, -0.25) is 9.78 Å². The predicted octanol–water partition coefficient (Wildman–Crippen LogP) is 4.29. The third-order valence-electron chi connectivity index (χ3n) is 3.97. The van der Waals surface area contributed by atoms with Gasteiger partial charge in [-0.15, -0.1) is 11.3 Å². The van der Waals surface area contributed by atoms with Gasteiger partial charge in [0.25, 0.3) is 0 Å². The third kappa shape index (κ3) is 2.91. The number of hydrogen-bond donors (Lipinski definition) is 0. The van der Waals surface area contributed by atoms with E-state index in [1.165, 1.54) is 11.3 Å². The van der Waals surface area contributed by atoms with Crippen LogP contribution in [-0.2, 0) is 0 Å². The number of hydrogen-bond acceptors (Lipinski definition) is 6. The van der Waals surface area contributed by atoms with Gasteiger partial charge in [-0.05, 0) is 54.3 Å². The summed E-state index contributed by atoms with van der Waals surface area (Å²) in [6, 6.07) is 10.3. The number of aromatic nitrogens is 1. The van der Waals surface area contributed by atoms with Gasteiger partial charge in [-0.2, -0.15) is 0 Å². The molecule has 6 heteroatoms. The molecule has 0 aliphatic carbocycles. The van der Waals surface area contributed by atoms with Gasteiger partial charge in [0.05, 0.1) is 5.56 Å². The molecule has 1 aliphatic heterocycles. The topological polar surface area (TPSA) is 65.5 Å². The van der Waals surface area contributed by atoms with Crippen molar-refractivity contribution in [1.29, 1.82) is 0 Å². The van der Waals surface area contributed by atoms with Gasteiger partial charge in [0, 0.05) is 18.0 Å². The monoisotopic (exact) mass is 363 g/mol. The van der Waals surface area contributed by atoms with Crippen LogP contribution in [0.5, 0.6) is 11.5 Å². The van der Waals surface area contributed by atoms with E-state index in [0.717, 1.165) is 5.56 Å². The number of esters is 1. The number of benzene rings is 1. The fourth-order valence-electron chi connectivity index (χ4n) is 2.63. The number of carbonyl (C=O) groups is 2. The first kappa shape index (κ1) is 16.2. The molecular formula is C20H13NO4S. The van der Waals surface area contributed by atoms with E-state index in [9.17, 15) is 9.59 Å². The number of carbonyl (C=O) groups excluding carboxylic acids is 2. The third-order valence-corrected chi connectivity index (χ3v) is 4.82. The van der Waals surface area contributed by atoms with Crippen LogP contribution >= 0.6 is 11.3 Å². The zero-order valence-electron chi connectivity index (χ0n) is 13.8. The Morgan fingerprint density at radius 1 is 1.19 bits per heavy atom. The normalized spacial score (nSPS) is 14.2. The van der Waals surface area contributed by atoms with Gasteiger partial charge in [-0.1, -0.05) is 6.07 Å². The summed E-state index contributed by atoms with van der Waals surface area (Å²) < 4.78 is 11.2. The minimum absolute atomic E-state index is 0.198. The first-order valence-corrected chi connectivity index (χ1v) is 8.75. The molecule has 2 aromatic heterocycles. The van der Waals surface area contributed by atoms with Crippen molar-refractivity contribution in [1.82, 2.24) is 4.98 Å². The van der Waals surface area contributed by atoms with Crippen molar-refractivity contribution in [3.63, 3.8) is 0 Å². The van der Waals surface area contributed by atoms with Crippen LogP contribution in [0, 0.1) is 6.92 Å². The maximum Gasteiger partial charge on any atom is 0.353 e. The van der Waals surface area contributed by atoms with Crippen molar-refractivity contribution < 1.29 is 19.1 Å². The molecule has 1 aliphatic rings. The molecule has 0 fully saturated rings. The van der Waals surface area contributed by atoms with E-state index >= 15 is 0 Å². The lowest BCUT2D eigenvalue weighted by molar-refractivity contribution is 0.0738. The van der Waals surface area contributed by atoms with Crippen molar-refractivity contribution in [3.05, 3.63) is 81.5 Å².